The summed E-state index contributed by atoms with van der Waals surface area (Å²) < 4.78 is 3.30. The molecular formula is C21H24BrN3O. The zero-order chi connectivity index (χ0) is 18.4. The van der Waals surface area contributed by atoms with Gasteiger partial charge in [-0.25, -0.2) is 4.98 Å². The molecule has 0 saturated heterocycles. The van der Waals surface area contributed by atoms with Gasteiger partial charge in [0.1, 0.15) is 5.82 Å². The van der Waals surface area contributed by atoms with Gasteiger partial charge in [-0.05, 0) is 49.2 Å². The van der Waals surface area contributed by atoms with Gasteiger partial charge in [0.25, 0.3) is 5.91 Å². The Morgan fingerprint density at radius 3 is 2.65 bits per heavy atom. The largest absolute Gasteiger partial charge is 0.352 e. The van der Waals surface area contributed by atoms with Gasteiger partial charge in [-0.15, -0.1) is 0 Å². The Hall–Kier alpha value is -2.14. The quantitative estimate of drug-likeness (QED) is 0.530. The van der Waals surface area contributed by atoms with Crippen LogP contribution in [0.4, 0.5) is 0 Å². The fraction of sp³-hybridized carbons (Fsp3) is 0.333. The Balaban J connectivity index is 1.59. The highest BCUT2D eigenvalue weighted by molar-refractivity contribution is 9.10. The molecule has 1 heterocycles. The Kier molecular flexibility index (Phi) is 6.45. The van der Waals surface area contributed by atoms with Crippen LogP contribution in [0.15, 0.2) is 53.0 Å². The van der Waals surface area contributed by atoms with Crippen molar-refractivity contribution >= 4 is 32.9 Å². The predicted octanol–water partition coefficient (Wildman–Crippen LogP) is 4.96. The van der Waals surface area contributed by atoms with Gasteiger partial charge in [0.15, 0.2) is 0 Å². The number of unbranched alkanes of at least 4 members (excludes halogenated alkanes) is 1. The number of amides is 1. The molecule has 3 rings (SSSR count). The Bertz CT molecular complexity index is 871. The molecular weight excluding hydrogens is 390 g/mol. The van der Waals surface area contributed by atoms with E-state index in [1.165, 1.54) is 5.52 Å². The average Bonchev–Trinajstić information content (AvgIpc) is 3.01. The number of aryl methyl sites for hydroxylation is 2. The lowest BCUT2D eigenvalue weighted by atomic mass is 10.2. The van der Waals surface area contributed by atoms with Gasteiger partial charge in [-0.3, -0.25) is 4.79 Å². The first-order chi connectivity index (χ1) is 12.7. The number of hydrogen-bond acceptors (Lipinski definition) is 2. The summed E-state index contributed by atoms with van der Waals surface area (Å²) in [6.45, 7) is 3.85. The number of halogens is 1. The Morgan fingerprint density at radius 2 is 1.88 bits per heavy atom. The number of fused-ring (bicyclic) bond motifs is 1. The lowest BCUT2D eigenvalue weighted by Gasteiger charge is -2.09. The highest BCUT2D eigenvalue weighted by atomic mass is 79.9. The number of imidazole rings is 1. The van der Waals surface area contributed by atoms with Crippen LogP contribution in [-0.2, 0) is 13.0 Å². The van der Waals surface area contributed by atoms with E-state index in [9.17, 15) is 4.79 Å². The van der Waals surface area contributed by atoms with Gasteiger partial charge >= 0.3 is 0 Å². The molecule has 1 aromatic heterocycles. The summed E-state index contributed by atoms with van der Waals surface area (Å²) in [4.78, 5) is 17.0. The zero-order valence-corrected chi connectivity index (χ0v) is 16.6. The van der Waals surface area contributed by atoms with E-state index in [4.69, 9.17) is 4.98 Å². The lowest BCUT2D eigenvalue weighted by molar-refractivity contribution is 0.0953. The molecule has 0 aliphatic heterocycles. The molecule has 0 atom stereocenters. The Labute approximate surface area is 162 Å². The summed E-state index contributed by atoms with van der Waals surface area (Å²) in [5, 5.41) is 2.99. The third kappa shape index (κ3) is 4.52. The molecule has 0 aliphatic rings. The van der Waals surface area contributed by atoms with Gasteiger partial charge in [-0.2, -0.15) is 0 Å². The average molecular weight is 414 g/mol. The standard InChI is InChI=1S/C21H24BrN3O/c1-2-3-15-25-19-8-5-4-7-18(19)24-20(25)9-6-14-23-21(26)16-10-12-17(22)13-11-16/h4-5,7-8,10-13H,2-3,6,9,14-15H2,1H3,(H,23,26). The normalized spacial score (nSPS) is 11.0. The van der Waals surface area contributed by atoms with Crippen molar-refractivity contribution in [2.75, 3.05) is 6.54 Å². The maximum atomic E-state index is 12.2. The molecule has 0 unspecified atom stereocenters. The molecule has 0 aliphatic carbocycles. The smallest absolute Gasteiger partial charge is 0.251 e. The molecule has 26 heavy (non-hydrogen) atoms. The van der Waals surface area contributed by atoms with Crippen molar-refractivity contribution in [3.05, 3.63) is 64.4 Å². The van der Waals surface area contributed by atoms with E-state index in [1.54, 1.807) is 0 Å². The first-order valence-electron chi connectivity index (χ1n) is 9.17. The number of benzene rings is 2. The lowest BCUT2D eigenvalue weighted by Crippen LogP contribution is -2.25. The van der Waals surface area contributed by atoms with Gasteiger partial charge in [0, 0.05) is 29.5 Å². The molecule has 1 N–H and O–H groups in total. The molecule has 3 aromatic rings. The highest BCUT2D eigenvalue weighted by Gasteiger charge is 2.10. The van der Waals surface area contributed by atoms with E-state index >= 15 is 0 Å². The van der Waals surface area contributed by atoms with Crippen LogP contribution in [-0.4, -0.2) is 22.0 Å². The van der Waals surface area contributed by atoms with E-state index in [1.807, 2.05) is 30.3 Å². The number of hydrogen-bond donors (Lipinski definition) is 1. The van der Waals surface area contributed by atoms with E-state index in [0.717, 1.165) is 48.0 Å². The first-order valence-corrected chi connectivity index (χ1v) is 9.96. The van der Waals surface area contributed by atoms with Gasteiger partial charge < -0.3 is 9.88 Å². The van der Waals surface area contributed by atoms with Crippen LogP contribution in [0.1, 0.15) is 42.4 Å². The number of para-hydroxylation sites is 2. The van der Waals surface area contributed by atoms with Crippen molar-refractivity contribution in [2.24, 2.45) is 0 Å². The minimum atomic E-state index is -0.0306. The van der Waals surface area contributed by atoms with Crippen molar-refractivity contribution in [3.8, 4) is 0 Å². The number of nitrogens with zero attached hydrogens (tertiary/aromatic N) is 2. The second-order valence-electron chi connectivity index (χ2n) is 6.39. The van der Waals surface area contributed by atoms with E-state index in [-0.39, 0.29) is 5.91 Å². The minimum absolute atomic E-state index is 0.0306. The number of carbonyl (C=O) groups excluding carboxylic acids is 1. The number of aromatic nitrogens is 2. The molecule has 136 valence electrons. The van der Waals surface area contributed by atoms with Gasteiger partial charge in [-0.1, -0.05) is 41.4 Å². The molecule has 0 bridgehead atoms. The summed E-state index contributed by atoms with van der Waals surface area (Å²) in [6, 6.07) is 15.7. The fourth-order valence-corrected chi connectivity index (χ4v) is 3.30. The molecule has 1 amide bonds. The van der Waals surface area contributed by atoms with Gasteiger partial charge in [0.2, 0.25) is 0 Å². The van der Waals surface area contributed by atoms with Crippen molar-refractivity contribution in [3.63, 3.8) is 0 Å². The van der Waals surface area contributed by atoms with Crippen LogP contribution in [0.2, 0.25) is 0 Å². The fourth-order valence-electron chi connectivity index (χ4n) is 3.03. The molecule has 4 nitrogen and oxygen atoms in total. The molecule has 0 spiro atoms. The van der Waals surface area contributed by atoms with Crippen LogP contribution in [0.5, 0.6) is 0 Å². The van der Waals surface area contributed by atoms with Crippen molar-refractivity contribution in [1.82, 2.24) is 14.9 Å². The highest BCUT2D eigenvalue weighted by Crippen LogP contribution is 2.18. The van der Waals surface area contributed by atoms with Crippen LogP contribution in [0.3, 0.4) is 0 Å². The topological polar surface area (TPSA) is 46.9 Å². The number of nitrogens with one attached hydrogen (secondary N) is 1. The molecule has 0 saturated carbocycles. The number of rotatable bonds is 8. The maximum absolute atomic E-state index is 12.2. The Morgan fingerprint density at radius 1 is 1.12 bits per heavy atom. The van der Waals surface area contributed by atoms with Crippen molar-refractivity contribution in [2.45, 2.75) is 39.2 Å². The molecule has 0 radical (unpaired) electrons. The van der Waals surface area contributed by atoms with E-state index in [2.05, 4.69) is 50.9 Å². The molecule has 2 aromatic carbocycles. The van der Waals surface area contributed by atoms with E-state index < -0.39 is 0 Å². The second kappa shape index (κ2) is 8.99. The molecule has 0 fully saturated rings. The second-order valence-corrected chi connectivity index (χ2v) is 7.30. The van der Waals surface area contributed by atoms with Gasteiger partial charge in [0.05, 0.1) is 11.0 Å². The van der Waals surface area contributed by atoms with Crippen molar-refractivity contribution in [1.29, 1.82) is 0 Å². The van der Waals surface area contributed by atoms with Crippen LogP contribution in [0, 0.1) is 0 Å². The monoisotopic (exact) mass is 413 g/mol. The van der Waals surface area contributed by atoms with Crippen LogP contribution >= 0.6 is 15.9 Å². The van der Waals surface area contributed by atoms with Crippen LogP contribution in [0.25, 0.3) is 11.0 Å². The molecule has 5 heteroatoms. The third-order valence-electron chi connectivity index (χ3n) is 4.44. The number of carbonyl (C=O) groups is 1. The predicted molar refractivity (Wildman–Crippen MR) is 109 cm³/mol. The first kappa shape index (κ1) is 18.6. The maximum Gasteiger partial charge on any atom is 0.251 e. The summed E-state index contributed by atoms with van der Waals surface area (Å²) >= 11 is 3.38. The summed E-state index contributed by atoms with van der Waals surface area (Å²) in [5.41, 5.74) is 2.94. The zero-order valence-electron chi connectivity index (χ0n) is 15.0. The minimum Gasteiger partial charge on any atom is -0.352 e. The summed E-state index contributed by atoms with van der Waals surface area (Å²) in [5.74, 6) is 1.08. The van der Waals surface area contributed by atoms with Crippen LogP contribution < -0.4 is 5.32 Å². The summed E-state index contributed by atoms with van der Waals surface area (Å²) in [6.07, 6.45) is 4.04. The summed E-state index contributed by atoms with van der Waals surface area (Å²) in [7, 11) is 0. The van der Waals surface area contributed by atoms with Crippen molar-refractivity contribution < 1.29 is 4.79 Å². The third-order valence-corrected chi connectivity index (χ3v) is 4.97. The van der Waals surface area contributed by atoms with E-state index in [0.29, 0.717) is 12.1 Å². The SMILES string of the molecule is CCCCn1c(CCCNC(=O)c2ccc(Br)cc2)nc2ccccc21.